The van der Waals surface area contributed by atoms with Crippen molar-refractivity contribution in [1.82, 2.24) is 4.90 Å². The van der Waals surface area contributed by atoms with Crippen molar-refractivity contribution in [3.8, 4) is 0 Å². The van der Waals surface area contributed by atoms with Gasteiger partial charge in [-0.2, -0.15) is 0 Å². The smallest absolute Gasteiger partial charge is 0.254 e. The Kier molecular flexibility index (Phi) is 4.22. The van der Waals surface area contributed by atoms with Gasteiger partial charge in [-0.1, -0.05) is 12.5 Å². The third kappa shape index (κ3) is 2.54. The molecule has 2 aliphatic rings. The van der Waals surface area contributed by atoms with Crippen molar-refractivity contribution in [2.45, 2.75) is 45.1 Å². The monoisotopic (exact) mass is 305 g/mol. The van der Waals surface area contributed by atoms with Gasteiger partial charge in [0.2, 0.25) is 0 Å². The van der Waals surface area contributed by atoms with Crippen LogP contribution in [0.1, 0.15) is 48.0 Å². The van der Waals surface area contributed by atoms with E-state index >= 15 is 0 Å². The number of halogens is 1. The minimum absolute atomic E-state index is 0.0437. The molecule has 3 rings (SSSR count). The summed E-state index contributed by atoms with van der Waals surface area (Å²) >= 11 is 0. The second-order valence-electron chi connectivity index (χ2n) is 6.72. The van der Waals surface area contributed by atoms with Crippen LogP contribution in [0.3, 0.4) is 0 Å². The second-order valence-corrected chi connectivity index (χ2v) is 6.72. The first-order valence-corrected chi connectivity index (χ1v) is 8.14. The Morgan fingerprint density at radius 2 is 2.14 bits per heavy atom. The van der Waals surface area contributed by atoms with E-state index in [2.05, 4.69) is 0 Å². The third-order valence-corrected chi connectivity index (χ3v) is 5.50. The van der Waals surface area contributed by atoms with Gasteiger partial charge in [0.25, 0.3) is 5.91 Å². The molecule has 1 aliphatic carbocycles. The molecule has 4 heteroatoms. The number of benzene rings is 1. The summed E-state index contributed by atoms with van der Waals surface area (Å²) in [4.78, 5) is 14.7. The fourth-order valence-corrected chi connectivity index (χ4v) is 4.28. The number of likely N-dealkylation sites (tertiary alicyclic amines) is 1. The predicted octanol–water partition coefficient (Wildman–Crippen LogP) is 3.56. The van der Waals surface area contributed by atoms with Gasteiger partial charge in [-0.05, 0) is 50.3 Å². The topological polar surface area (TPSA) is 29.5 Å². The van der Waals surface area contributed by atoms with Crippen molar-refractivity contribution in [3.63, 3.8) is 0 Å². The van der Waals surface area contributed by atoms with Crippen molar-refractivity contribution in [2.75, 3.05) is 20.2 Å². The highest BCUT2D eigenvalue weighted by atomic mass is 19.1. The summed E-state index contributed by atoms with van der Waals surface area (Å²) in [6.45, 7) is 3.17. The fourth-order valence-electron chi connectivity index (χ4n) is 4.28. The summed E-state index contributed by atoms with van der Waals surface area (Å²) in [5.74, 6) is -0.356. The van der Waals surface area contributed by atoms with E-state index in [0.717, 1.165) is 38.8 Å². The maximum absolute atomic E-state index is 13.7. The molecule has 1 heterocycles. The van der Waals surface area contributed by atoms with Crippen molar-refractivity contribution < 1.29 is 13.9 Å². The van der Waals surface area contributed by atoms with E-state index in [1.165, 1.54) is 12.5 Å². The molecular weight excluding hydrogens is 281 g/mol. The molecule has 2 fully saturated rings. The number of amides is 1. The Bertz CT molecular complexity index is 574. The highest BCUT2D eigenvalue weighted by molar-refractivity contribution is 5.95. The van der Waals surface area contributed by atoms with Gasteiger partial charge in [0.05, 0.1) is 6.10 Å². The van der Waals surface area contributed by atoms with Crippen LogP contribution in [0.5, 0.6) is 0 Å². The van der Waals surface area contributed by atoms with E-state index in [-0.39, 0.29) is 23.2 Å². The minimum Gasteiger partial charge on any atom is -0.381 e. The van der Waals surface area contributed by atoms with Crippen LogP contribution < -0.4 is 0 Å². The molecule has 1 amide bonds. The lowest BCUT2D eigenvalue weighted by Gasteiger charge is -2.43. The predicted molar refractivity (Wildman–Crippen MR) is 83.4 cm³/mol. The lowest BCUT2D eigenvalue weighted by Crippen LogP contribution is -2.50. The Hall–Kier alpha value is -1.42. The zero-order chi connectivity index (χ0) is 15.7. The second kappa shape index (κ2) is 5.99. The van der Waals surface area contributed by atoms with Crippen LogP contribution >= 0.6 is 0 Å². The van der Waals surface area contributed by atoms with Gasteiger partial charge in [0.1, 0.15) is 5.82 Å². The zero-order valence-electron chi connectivity index (χ0n) is 13.4. The van der Waals surface area contributed by atoms with Crippen LogP contribution in [0.4, 0.5) is 4.39 Å². The summed E-state index contributed by atoms with van der Waals surface area (Å²) in [6.07, 6.45) is 5.74. The number of methoxy groups -OCH3 is 1. The molecule has 120 valence electrons. The van der Waals surface area contributed by atoms with Crippen molar-refractivity contribution in [2.24, 2.45) is 5.41 Å². The molecule has 1 saturated heterocycles. The molecule has 1 spiro atoms. The first-order valence-electron chi connectivity index (χ1n) is 8.14. The number of piperidine rings is 1. The molecule has 3 nitrogen and oxygen atoms in total. The minimum atomic E-state index is -0.312. The first kappa shape index (κ1) is 15.5. The number of rotatable bonds is 2. The average molecular weight is 305 g/mol. The highest BCUT2D eigenvalue weighted by Gasteiger charge is 2.46. The van der Waals surface area contributed by atoms with Gasteiger partial charge in [-0.15, -0.1) is 0 Å². The molecule has 0 N–H and O–H groups in total. The average Bonchev–Trinajstić information content (AvgIpc) is 2.91. The highest BCUT2D eigenvalue weighted by Crippen LogP contribution is 2.46. The Morgan fingerprint density at radius 3 is 2.91 bits per heavy atom. The van der Waals surface area contributed by atoms with Crippen molar-refractivity contribution >= 4 is 5.91 Å². The summed E-state index contributed by atoms with van der Waals surface area (Å²) < 4.78 is 19.4. The largest absolute Gasteiger partial charge is 0.381 e. The van der Waals surface area contributed by atoms with Crippen LogP contribution in [0.15, 0.2) is 18.2 Å². The maximum atomic E-state index is 13.7. The maximum Gasteiger partial charge on any atom is 0.254 e. The number of hydrogen-bond donors (Lipinski definition) is 0. The molecule has 1 aliphatic heterocycles. The molecule has 0 radical (unpaired) electrons. The normalized spacial score (nSPS) is 28.3. The number of ether oxygens (including phenoxy) is 1. The first-order chi connectivity index (χ1) is 10.6. The Balaban J connectivity index is 1.83. The molecule has 22 heavy (non-hydrogen) atoms. The summed E-state index contributed by atoms with van der Waals surface area (Å²) in [6, 6.07) is 4.75. The van der Waals surface area contributed by atoms with Gasteiger partial charge in [0.15, 0.2) is 0 Å². The van der Waals surface area contributed by atoms with Gasteiger partial charge in [-0.25, -0.2) is 4.39 Å². The van der Waals surface area contributed by atoms with Gasteiger partial charge in [-0.3, -0.25) is 4.79 Å². The molecule has 1 aromatic rings. The van der Waals surface area contributed by atoms with E-state index in [1.54, 1.807) is 26.2 Å². The molecular formula is C18H24FNO2. The molecule has 0 unspecified atom stereocenters. The van der Waals surface area contributed by atoms with Crippen LogP contribution in [0, 0.1) is 18.2 Å². The molecule has 1 aromatic carbocycles. The molecule has 2 atom stereocenters. The van der Waals surface area contributed by atoms with Gasteiger partial charge in [0, 0.05) is 31.2 Å². The Labute approximate surface area is 131 Å². The lowest BCUT2D eigenvalue weighted by molar-refractivity contribution is -0.0295. The van der Waals surface area contributed by atoms with Crippen molar-refractivity contribution in [1.29, 1.82) is 0 Å². The van der Waals surface area contributed by atoms with Crippen LogP contribution in [-0.4, -0.2) is 37.1 Å². The fraction of sp³-hybridized carbons (Fsp3) is 0.611. The standard InChI is InChI=1S/C18H24FNO2/c1-13-14(6-3-7-15(13)19)17(21)20-11-5-10-18(12-20)9-4-8-16(18)22-2/h3,6-7,16H,4-5,8-12H2,1-2H3/t16-,18+/m1/s1. The molecule has 1 saturated carbocycles. The van der Waals surface area contributed by atoms with E-state index in [4.69, 9.17) is 4.74 Å². The lowest BCUT2D eigenvalue weighted by atomic mass is 9.76. The molecule has 0 bridgehead atoms. The van der Waals surface area contributed by atoms with E-state index in [0.29, 0.717) is 11.1 Å². The van der Waals surface area contributed by atoms with Crippen LogP contribution in [0.25, 0.3) is 0 Å². The quantitative estimate of drug-likeness (QED) is 0.836. The van der Waals surface area contributed by atoms with E-state index in [9.17, 15) is 9.18 Å². The van der Waals surface area contributed by atoms with E-state index in [1.807, 2.05) is 4.90 Å². The van der Waals surface area contributed by atoms with Gasteiger partial charge < -0.3 is 9.64 Å². The van der Waals surface area contributed by atoms with Gasteiger partial charge >= 0.3 is 0 Å². The molecule has 0 aromatic heterocycles. The summed E-state index contributed by atoms with van der Waals surface area (Å²) in [5, 5.41) is 0. The number of hydrogen-bond acceptors (Lipinski definition) is 2. The number of carbonyl (C=O) groups is 1. The third-order valence-electron chi connectivity index (χ3n) is 5.50. The summed E-state index contributed by atoms with van der Waals surface area (Å²) in [5.41, 5.74) is 1.04. The van der Waals surface area contributed by atoms with Crippen LogP contribution in [0.2, 0.25) is 0 Å². The number of nitrogens with zero attached hydrogens (tertiary/aromatic N) is 1. The Morgan fingerprint density at radius 1 is 1.36 bits per heavy atom. The van der Waals surface area contributed by atoms with Crippen molar-refractivity contribution in [3.05, 3.63) is 35.1 Å². The zero-order valence-corrected chi connectivity index (χ0v) is 13.4. The van der Waals surface area contributed by atoms with Crippen LogP contribution in [-0.2, 0) is 4.74 Å². The van der Waals surface area contributed by atoms with E-state index < -0.39 is 0 Å². The SMILES string of the molecule is CO[C@@H]1CCC[C@@]12CCCN(C(=O)c1cccc(F)c1C)C2. The number of carbonyl (C=O) groups excluding carboxylic acids is 1. The summed E-state index contributed by atoms with van der Waals surface area (Å²) in [7, 11) is 1.77.